The van der Waals surface area contributed by atoms with Crippen molar-refractivity contribution < 1.29 is 24.2 Å². The minimum absolute atomic E-state index is 0.290. The Kier molecular flexibility index (Phi) is 15.8. The van der Waals surface area contributed by atoms with Gasteiger partial charge in [-0.3, -0.25) is 9.59 Å². The molecule has 1 aromatic carbocycles. The molecule has 0 saturated carbocycles. The van der Waals surface area contributed by atoms with Gasteiger partial charge in [-0.15, -0.1) is 0 Å². The highest BCUT2D eigenvalue weighted by Crippen LogP contribution is 2.22. The van der Waals surface area contributed by atoms with Gasteiger partial charge >= 0.3 is 0 Å². The molecule has 1 aromatic rings. The van der Waals surface area contributed by atoms with Crippen LogP contribution in [-0.2, 0) is 4.79 Å². The highest BCUT2D eigenvalue weighted by molar-refractivity contribution is 5.98. The molecule has 188 valence electrons. The number of amides is 2. The third-order valence-corrected chi connectivity index (χ3v) is 5.75. The second kappa shape index (κ2) is 18.2. The molecule has 1 rings (SSSR count). The van der Waals surface area contributed by atoms with E-state index in [4.69, 9.17) is 9.47 Å². The maximum absolute atomic E-state index is 12.5. The zero-order chi connectivity index (χ0) is 24.3. The van der Waals surface area contributed by atoms with E-state index < -0.39 is 18.6 Å². The van der Waals surface area contributed by atoms with Crippen LogP contribution in [-0.4, -0.2) is 50.3 Å². The Morgan fingerprint density at radius 1 is 0.818 bits per heavy atom. The monoisotopic (exact) mass is 464 g/mol. The van der Waals surface area contributed by atoms with Crippen LogP contribution < -0.4 is 20.1 Å². The Labute approximate surface area is 199 Å². The van der Waals surface area contributed by atoms with Crippen molar-refractivity contribution in [1.29, 1.82) is 0 Å². The fourth-order valence-corrected chi connectivity index (χ4v) is 3.67. The summed E-state index contributed by atoms with van der Waals surface area (Å²) in [6, 6.07) is 3.75. The Hall–Kier alpha value is -2.28. The van der Waals surface area contributed by atoms with Crippen molar-refractivity contribution in [2.24, 2.45) is 0 Å². The van der Waals surface area contributed by atoms with Crippen LogP contribution >= 0.6 is 0 Å². The molecule has 0 fully saturated rings. The quantitative estimate of drug-likeness (QED) is 0.260. The van der Waals surface area contributed by atoms with Crippen molar-refractivity contribution in [3.63, 3.8) is 0 Å². The largest absolute Gasteiger partial charge is 0.497 e. The molecule has 0 radical (unpaired) electrons. The molecular weight excluding hydrogens is 420 g/mol. The third kappa shape index (κ3) is 12.5. The van der Waals surface area contributed by atoms with E-state index in [0.717, 1.165) is 12.8 Å². The lowest BCUT2D eigenvalue weighted by Gasteiger charge is -2.17. The number of aliphatic hydroxyl groups is 1. The minimum atomic E-state index is -1.01. The lowest BCUT2D eigenvalue weighted by molar-refractivity contribution is -0.123. The van der Waals surface area contributed by atoms with Crippen LogP contribution in [0, 0.1) is 0 Å². The third-order valence-electron chi connectivity index (χ3n) is 5.75. The number of hydrogen-bond donors (Lipinski definition) is 3. The molecule has 1 atom stereocenters. The highest BCUT2D eigenvalue weighted by atomic mass is 16.5. The van der Waals surface area contributed by atoms with Crippen molar-refractivity contribution in [1.82, 2.24) is 10.6 Å². The summed E-state index contributed by atoms with van der Waals surface area (Å²) in [4.78, 5) is 24.9. The summed E-state index contributed by atoms with van der Waals surface area (Å²) >= 11 is 0. The summed E-state index contributed by atoms with van der Waals surface area (Å²) in [5, 5.41) is 15.0. The molecule has 7 heteroatoms. The first-order valence-corrected chi connectivity index (χ1v) is 12.5. The first-order valence-electron chi connectivity index (χ1n) is 12.5. The predicted molar refractivity (Wildman–Crippen MR) is 132 cm³/mol. The van der Waals surface area contributed by atoms with Crippen LogP contribution in [0.2, 0.25) is 0 Å². The number of unbranched alkanes of at least 4 members (excludes halogenated alkanes) is 11. The number of hydrogen-bond acceptors (Lipinski definition) is 5. The smallest absolute Gasteiger partial charge is 0.252 e. The molecule has 0 spiro atoms. The first kappa shape index (κ1) is 28.8. The Morgan fingerprint density at radius 2 is 1.30 bits per heavy atom. The van der Waals surface area contributed by atoms with Gasteiger partial charge in [0, 0.05) is 18.2 Å². The van der Waals surface area contributed by atoms with Crippen molar-refractivity contribution in [2.45, 2.75) is 90.0 Å². The van der Waals surface area contributed by atoms with Gasteiger partial charge in [-0.05, 0) is 18.6 Å². The number of nitrogens with one attached hydrogen (secondary N) is 2. The molecule has 0 aliphatic heterocycles. The summed E-state index contributed by atoms with van der Waals surface area (Å²) in [7, 11) is 2.99. The number of rotatable bonds is 19. The molecule has 0 unspecified atom stereocenters. The van der Waals surface area contributed by atoms with Gasteiger partial charge < -0.3 is 25.2 Å². The summed E-state index contributed by atoms with van der Waals surface area (Å²) in [5.41, 5.74) is 0.290. The average Bonchev–Trinajstić information content (AvgIpc) is 2.84. The highest BCUT2D eigenvalue weighted by Gasteiger charge is 2.21. The number of ether oxygens (including phenoxy) is 2. The van der Waals surface area contributed by atoms with Crippen LogP contribution in [0.1, 0.15) is 94.3 Å². The predicted octanol–water partition coefficient (Wildman–Crippen LogP) is 4.61. The second-order valence-electron chi connectivity index (χ2n) is 8.49. The molecule has 0 aliphatic carbocycles. The second-order valence-corrected chi connectivity index (χ2v) is 8.49. The normalized spacial score (nSPS) is 11.6. The zero-order valence-electron chi connectivity index (χ0n) is 20.8. The van der Waals surface area contributed by atoms with Crippen LogP contribution in [0.15, 0.2) is 18.2 Å². The van der Waals surface area contributed by atoms with Crippen molar-refractivity contribution in [3.05, 3.63) is 23.8 Å². The van der Waals surface area contributed by atoms with E-state index in [0.29, 0.717) is 23.6 Å². The Morgan fingerprint density at radius 3 is 1.76 bits per heavy atom. The first-order chi connectivity index (χ1) is 16.0. The number of carbonyl (C=O) groups is 2. The van der Waals surface area contributed by atoms with Gasteiger partial charge in [0.15, 0.2) is 0 Å². The van der Waals surface area contributed by atoms with Gasteiger partial charge in [-0.25, -0.2) is 0 Å². The van der Waals surface area contributed by atoms with E-state index in [1.807, 2.05) is 0 Å². The van der Waals surface area contributed by atoms with Gasteiger partial charge in [0.25, 0.3) is 5.91 Å². The van der Waals surface area contributed by atoms with Crippen molar-refractivity contribution in [3.8, 4) is 11.5 Å². The lowest BCUT2D eigenvalue weighted by Crippen LogP contribution is -2.49. The Balaban J connectivity index is 2.21. The van der Waals surface area contributed by atoms with Crippen LogP contribution in [0.5, 0.6) is 11.5 Å². The molecule has 0 bridgehead atoms. The molecule has 33 heavy (non-hydrogen) atoms. The van der Waals surface area contributed by atoms with Crippen molar-refractivity contribution in [2.75, 3.05) is 27.4 Å². The van der Waals surface area contributed by atoms with Gasteiger partial charge in [-0.2, -0.15) is 0 Å². The SMILES string of the molecule is CCCCCCCCCCCCCCNC(=O)[C@H](CO)NC(=O)c1cc(OC)cc(OC)c1. The fourth-order valence-electron chi connectivity index (χ4n) is 3.67. The minimum Gasteiger partial charge on any atom is -0.497 e. The molecule has 3 N–H and O–H groups in total. The van der Waals surface area contributed by atoms with E-state index in [2.05, 4.69) is 17.6 Å². The van der Waals surface area contributed by atoms with E-state index in [-0.39, 0.29) is 5.91 Å². The van der Waals surface area contributed by atoms with Crippen molar-refractivity contribution >= 4 is 11.8 Å². The average molecular weight is 465 g/mol. The van der Waals surface area contributed by atoms with E-state index in [1.165, 1.54) is 78.4 Å². The molecule has 2 amide bonds. The summed E-state index contributed by atoms with van der Waals surface area (Å²) in [6.07, 6.45) is 15.1. The molecule has 0 saturated heterocycles. The van der Waals surface area contributed by atoms with E-state index in [9.17, 15) is 14.7 Å². The van der Waals surface area contributed by atoms with Gasteiger partial charge in [-0.1, -0.05) is 77.6 Å². The maximum atomic E-state index is 12.5. The lowest BCUT2D eigenvalue weighted by atomic mass is 10.1. The summed E-state index contributed by atoms with van der Waals surface area (Å²) in [6.45, 7) is 2.31. The fraction of sp³-hybridized carbons (Fsp3) is 0.692. The molecule has 7 nitrogen and oxygen atoms in total. The molecule has 0 aliphatic rings. The van der Waals surface area contributed by atoms with E-state index in [1.54, 1.807) is 18.2 Å². The summed E-state index contributed by atoms with van der Waals surface area (Å²) < 4.78 is 10.3. The van der Waals surface area contributed by atoms with Crippen LogP contribution in [0.3, 0.4) is 0 Å². The number of benzene rings is 1. The zero-order valence-corrected chi connectivity index (χ0v) is 20.8. The molecular formula is C26H44N2O5. The number of carbonyl (C=O) groups excluding carboxylic acids is 2. The van der Waals surface area contributed by atoms with E-state index >= 15 is 0 Å². The standard InChI is InChI=1S/C26H44N2O5/c1-4-5-6-7-8-9-10-11-12-13-14-15-16-27-26(31)24(20-29)28-25(30)21-17-22(32-2)19-23(18-21)33-3/h17-19,24,29H,4-16,20H2,1-3H3,(H,27,31)(H,28,30)/t24-/m0/s1. The van der Waals surface area contributed by atoms with Crippen LogP contribution in [0.4, 0.5) is 0 Å². The number of methoxy groups -OCH3 is 2. The summed E-state index contributed by atoms with van der Waals surface area (Å²) in [5.74, 6) is 0.0727. The maximum Gasteiger partial charge on any atom is 0.252 e. The van der Waals surface area contributed by atoms with Gasteiger partial charge in [0.1, 0.15) is 17.5 Å². The van der Waals surface area contributed by atoms with Crippen LogP contribution in [0.25, 0.3) is 0 Å². The molecule has 0 heterocycles. The topological polar surface area (TPSA) is 96.9 Å². The number of aliphatic hydroxyl groups excluding tert-OH is 1. The Bertz CT molecular complexity index is 658. The van der Waals surface area contributed by atoms with Gasteiger partial charge in [0.05, 0.1) is 20.8 Å². The van der Waals surface area contributed by atoms with Gasteiger partial charge in [0.2, 0.25) is 5.91 Å². The molecule has 0 aromatic heterocycles.